The van der Waals surface area contributed by atoms with Gasteiger partial charge in [0.15, 0.2) is 0 Å². The summed E-state index contributed by atoms with van der Waals surface area (Å²) in [7, 11) is 1.97. The first-order valence-electron chi connectivity index (χ1n) is 9.38. The van der Waals surface area contributed by atoms with Crippen molar-refractivity contribution in [3.8, 4) is 0 Å². The van der Waals surface area contributed by atoms with Crippen LogP contribution in [0.3, 0.4) is 0 Å². The fourth-order valence-electron chi connectivity index (χ4n) is 4.67. The highest BCUT2D eigenvalue weighted by atomic mass is 16.5. The van der Waals surface area contributed by atoms with Gasteiger partial charge in [0.1, 0.15) is 0 Å². The van der Waals surface area contributed by atoms with Crippen molar-refractivity contribution in [1.29, 1.82) is 0 Å². The Morgan fingerprint density at radius 2 is 2.12 bits per heavy atom. The molecule has 1 unspecified atom stereocenters. The van der Waals surface area contributed by atoms with E-state index in [4.69, 9.17) is 10.5 Å². The highest BCUT2D eigenvalue weighted by Gasteiger charge is 2.46. The SMILES string of the molecule is CNCCC(C)(N)c1[nH]ncc1C1CCC2(CC1)CC(C)(C)CO2. The van der Waals surface area contributed by atoms with Crippen molar-refractivity contribution in [3.63, 3.8) is 0 Å². The van der Waals surface area contributed by atoms with Crippen LogP contribution in [0.4, 0.5) is 0 Å². The maximum Gasteiger partial charge on any atom is 0.0689 e. The molecule has 0 radical (unpaired) electrons. The first-order valence-corrected chi connectivity index (χ1v) is 9.38. The largest absolute Gasteiger partial charge is 0.374 e. The second-order valence-corrected chi connectivity index (χ2v) is 9.06. The number of ether oxygens (including phenoxy) is 1. The maximum absolute atomic E-state index is 6.59. The molecule has 1 aromatic rings. The van der Waals surface area contributed by atoms with E-state index in [2.05, 4.69) is 36.3 Å². The van der Waals surface area contributed by atoms with Crippen molar-refractivity contribution >= 4 is 0 Å². The van der Waals surface area contributed by atoms with Crippen LogP contribution in [0.25, 0.3) is 0 Å². The van der Waals surface area contributed by atoms with E-state index in [1.807, 2.05) is 13.2 Å². The zero-order valence-electron chi connectivity index (χ0n) is 15.7. The third kappa shape index (κ3) is 3.53. The van der Waals surface area contributed by atoms with Crippen LogP contribution in [0.5, 0.6) is 0 Å². The van der Waals surface area contributed by atoms with Crippen molar-refractivity contribution in [3.05, 3.63) is 17.5 Å². The zero-order chi connectivity index (χ0) is 17.4. The summed E-state index contributed by atoms with van der Waals surface area (Å²) in [4.78, 5) is 0. The van der Waals surface area contributed by atoms with E-state index in [9.17, 15) is 0 Å². The molecule has 1 spiro atoms. The van der Waals surface area contributed by atoms with Gasteiger partial charge in [0.05, 0.1) is 29.6 Å². The molecule has 0 bridgehead atoms. The van der Waals surface area contributed by atoms with E-state index < -0.39 is 0 Å². The number of hydrogen-bond acceptors (Lipinski definition) is 4. The van der Waals surface area contributed by atoms with E-state index >= 15 is 0 Å². The number of rotatable bonds is 5. The van der Waals surface area contributed by atoms with E-state index in [0.717, 1.165) is 38.1 Å². The lowest BCUT2D eigenvalue weighted by atomic mass is 9.71. The van der Waals surface area contributed by atoms with Crippen molar-refractivity contribution in [2.75, 3.05) is 20.2 Å². The molecule has 1 aliphatic carbocycles. The molecule has 2 fully saturated rings. The monoisotopic (exact) mass is 334 g/mol. The van der Waals surface area contributed by atoms with Crippen LogP contribution >= 0.6 is 0 Å². The number of nitrogens with one attached hydrogen (secondary N) is 2. The lowest BCUT2D eigenvalue weighted by Gasteiger charge is -2.38. The lowest BCUT2D eigenvalue weighted by Crippen LogP contribution is -2.38. The molecule has 1 saturated carbocycles. The van der Waals surface area contributed by atoms with Gasteiger partial charge in [-0.3, -0.25) is 5.10 Å². The molecule has 1 atom stereocenters. The summed E-state index contributed by atoms with van der Waals surface area (Å²) in [5, 5.41) is 10.7. The normalized spacial score (nSPS) is 32.1. The van der Waals surface area contributed by atoms with Gasteiger partial charge in [-0.25, -0.2) is 0 Å². The van der Waals surface area contributed by atoms with Crippen LogP contribution < -0.4 is 11.1 Å². The molecule has 1 saturated heterocycles. The molecule has 2 aliphatic rings. The molecule has 0 amide bonds. The van der Waals surface area contributed by atoms with Gasteiger partial charge in [0, 0.05) is 0 Å². The van der Waals surface area contributed by atoms with Crippen molar-refractivity contribution in [1.82, 2.24) is 15.5 Å². The van der Waals surface area contributed by atoms with Crippen LogP contribution in [0.2, 0.25) is 0 Å². The van der Waals surface area contributed by atoms with Crippen molar-refractivity contribution in [2.45, 2.75) is 76.4 Å². The summed E-state index contributed by atoms with van der Waals surface area (Å²) in [6.45, 7) is 8.56. The first-order chi connectivity index (χ1) is 11.3. The molecule has 0 aromatic carbocycles. The number of aromatic nitrogens is 2. The summed E-state index contributed by atoms with van der Waals surface area (Å²) in [5.74, 6) is 0.550. The Morgan fingerprint density at radius 1 is 1.42 bits per heavy atom. The number of nitrogens with zero attached hydrogens (tertiary/aromatic N) is 1. The topological polar surface area (TPSA) is 76.0 Å². The van der Waals surface area contributed by atoms with E-state index in [1.165, 1.54) is 24.8 Å². The minimum Gasteiger partial charge on any atom is -0.374 e. The minimum absolute atomic E-state index is 0.127. The summed E-state index contributed by atoms with van der Waals surface area (Å²) < 4.78 is 6.26. The summed E-state index contributed by atoms with van der Waals surface area (Å²) >= 11 is 0. The predicted octanol–water partition coefficient (Wildman–Crippen LogP) is 3.04. The molecule has 1 aromatic heterocycles. The van der Waals surface area contributed by atoms with Crippen molar-refractivity contribution in [2.24, 2.45) is 11.1 Å². The molecule has 136 valence electrons. The fourth-order valence-corrected chi connectivity index (χ4v) is 4.67. The molecular weight excluding hydrogens is 300 g/mol. The van der Waals surface area contributed by atoms with E-state index in [1.54, 1.807) is 0 Å². The number of nitrogens with two attached hydrogens (primary N) is 1. The fraction of sp³-hybridized carbons (Fsp3) is 0.842. The second kappa shape index (κ2) is 6.43. The average molecular weight is 335 g/mol. The van der Waals surface area contributed by atoms with Gasteiger partial charge in [-0.15, -0.1) is 0 Å². The van der Waals surface area contributed by atoms with Gasteiger partial charge in [-0.2, -0.15) is 5.10 Å². The molecule has 24 heavy (non-hydrogen) atoms. The number of H-pyrrole nitrogens is 1. The summed E-state index contributed by atoms with van der Waals surface area (Å²) in [6.07, 6.45) is 8.75. The molecule has 1 aliphatic heterocycles. The van der Waals surface area contributed by atoms with Gasteiger partial charge in [0.2, 0.25) is 0 Å². The number of hydrogen-bond donors (Lipinski definition) is 3. The molecule has 5 heteroatoms. The molecule has 2 heterocycles. The molecule has 4 N–H and O–H groups in total. The summed E-state index contributed by atoms with van der Waals surface area (Å²) in [6, 6.07) is 0. The predicted molar refractivity (Wildman–Crippen MR) is 97.0 cm³/mol. The molecule has 3 rings (SSSR count). The van der Waals surface area contributed by atoms with Crippen LogP contribution in [0.15, 0.2) is 6.20 Å². The smallest absolute Gasteiger partial charge is 0.0689 e. The Bertz CT molecular complexity index is 555. The third-order valence-electron chi connectivity index (χ3n) is 6.04. The zero-order valence-corrected chi connectivity index (χ0v) is 15.7. The van der Waals surface area contributed by atoms with E-state index in [-0.39, 0.29) is 11.1 Å². The standard InChI is InChI=1S/C19H34N4O/c1-17(2)12-19(24-13-17)7-5-14(6-8-19)15-11-22-23-16(15)18(3,20)9-10-21-4/h11,14,21H,5-10,12-13,20H2,1-4H3,(H,22,23). The highest BCUT2D eigenvalue weighted by molar-refractivity contribution is 5.28. The molecular formula is C19H34N4O. The van der Waals surface area contributed by atoms with Crippen LogP contribution in [0, 0.1) is 5.41 Å². The van der Waals surface area contributed by atoms with Crippen LogP contribution in [-0.4, -0.2) is 36.0 Å². The lowest BCUT2D eigenvalue weighted by molar-refractivity contribution is -0.0294. The van der Waals surface area contributed by atoms with Gasteiger partial charge < -0.3 is 15.8 Å². The van der Waals surface area contributed by atoms with Crippen molar-refractivity contribution < 1.29 is 4.74 Å². The van der Waals surface area contributed by atoms with E-state index in [0.29, 0.717) is 11.3 Å². The van der Waals surface area contributed by atoms with Crippen LogP contribution in [0.1, 0.15) is 76.5 Å². The Labute approximate surface area is 146 Å². The Hall–Kier alpha value is -0.910. The van der Waals surface area contributed by atoms with Gasteiger partial charge in [-0.1, -0.05) is 13.8 Å². The second-order valence-electron chi connectivity index (χ2n) is 9.06. The minimum atomic E-state index is -0.365. The maximum atomic E-state index is 6.59. The van der Waals surface area contributed by atoms with Gasteiger partial charge in [-0.05, 0) is 75.9 Å². The summed E-state index contributed by atoms with van der Waals surface area (Å²) in [5.41, 5.74) is 9.12. The Morgan fingerprint density at radius 3 is 2.71 bits per heavy atom. The third-order valence-corrected chi connectivity index (χ3v) is 6.04. The van der Waals surface area contributed by atoms with Gasteiger partial charge >= 0.3 is 0 Å². The quantitative estimate of drug-likeness (QED) is 0.773. The molecule has 5 nitrogen and oxygen atoms in total. The average Bonchev–Trinajstić information content (AvgIpc) is 3.12. The first kappa shape index (κ1) is 17.9. The van der Waals surface area contributed by atoms with Gasteiger partial charge in [0.25, 0.3) is 0 Å². The number of aromatic amines is 1. The Balaban J connectivity index is 1.69. The highest BCUT2D eigenvalue weighted by Crippen LogP contribution is 2.50. The Kier molecular flexibility index (Phi) is 4.80. The van der Waals surface area contributed by atoms with Crippen LogP contribution in [-0.2, 0) is 10.3 Å².